The van der Waals surface area contributed by atoms with Crippen LogP contribution in [0.1, 0.15) is 91.6 Å². The summed E-state index contributed by atoms with van der Waals surface area (Å²) in [4.78, 5) is 0. The third kappa shape index (κ3) is 6.98. The van der Waals surface area contributed by atoms with Gasteiger partial charge < -0.3 is 28.9 Å². The van der Waals surface area contributed by atoms with E-state index in [0.29, 0.717) is 55.8 Å². The lowest BCUT2D eigenvalue weighted by atomic mass is 9.96. The normalized spacial score (nSPS) is 11.5. The third-order valence-corrected chi connectivity index (χ3v) is 8.98. The maximum absolute atomic E-state index is 14.8. The van der Waals surface area contributed by atoms with Crippen molar-refractivity contribution >= 4 is 7.82 Å². The molecule has 0 atom stereocenters. The van der Waals surface area contributed by atoms with Crippen LogP contribution >= 0.6 is 7.82 Å². The lowest BCUT2D eigenvalue weighted by Gasteiger charge is -2.25. The maximum atomic E-state index is 14.8. The van der Waals surface area contributed by atoms with E-state index in [9.17, 15) is 19.9 Å². The number of rotatable bonds is 15. The van der Waals surface area contributed by atoms with Crippen LogP contribution in [0.4, 0.5) is 0 Å². The predicted molar refractivity (Wildman–Crippen MR) is 163 cm³/mol. The molecule has 41 heavy (non-hydrogen) atoms. The number of phosphoric ester groups is 1. The Hall–Kier alpha value is -2.83. The van der Waals surface area contributed by atoms with E-state index >= 15 is 0 Å². The Bertz CT molecular complexity index is 1220. The number of hydrogen-bond acceptors (Lipinski definition) is 7. The van der Waals surface area contributed by atoms with Crippen molar-refractivity contribution in [3.05, 3.63) is 86.5 Å². The van der Waals surface area contributed by atoms with E-state index in [1.165, 1.54) is 0 Å². The lowest BCUT2D eigenvalue weighted by Crippen LogP contribution is -2.13. The molecule has 3 aromatic rings. The van der Waals surface area contributed by atoms with Crippen LogP contribution in [-0.2, 0) is 62.9 Å². The quantitative estimate of drug-likeness (QED) is 0.163. The Morgan fingerprint density at radius 3 is 0.902 bits per heavy atom. The van der Waals surface area contributed by atoms with E-state index < -0.39 is 7.82 Å². The average molecular weight is 585 g/mol. The monoisotopic (exact) mass is 584 g/mol. The van der Waals surface area contributed by atoms with Gasteiger partial charge in [0.2, 0.25) is 0 Å². The Morgan fingerprint density at radius 1 is 0.463 bits per heavy atom. The fourth-order valence-corrected chi connectivity index (χ4v) is 7.11. The summed E-state index contributed by atoms with van der Waals surface area (Å²) in [5, 5.41) is 29.7. The van der Waals surface area contributed by atoms with Gasteiger partial charge >= 0.3 is 7.82 Å². The number of hydrogen-bond donors (Lipinski definition) is 3. The van der Waals surface area contributed by atoms with Crippen LogP contribution in [0.25, 0.3) is 0 Å². The minimum atomic E-state index is -4.35. The SMILES string of the molecule is CCc1c(CO)ccc(OP(=O)(Oc2ccc(CO)c(CC)c2CC)Oc2ccc(CO)c(CC)c2CC)c1CC. The number of aliphatic hydroxyl groups excluding tert-OH is 3. The predicted octanol–water partition coefficient (Wildman–Crippen LogP) is 7.18. The highest BCUT2D eigenvalue weighted by Gasteiger charge is 2.36. The molecule has 0 fully saturated rings. The first-order chi connectivity index (χ1) is 19.8. The summed E-state index contributed by atoms with van der Waals surface area (Å²) in [6.45, 7) is 11.7. The molecule has 0 spiro atoms. The second-order valence-electron chi connectivity index (χ2n) is 9.86. The van der Waals surface area contributed by atoms with Crippen molar-refractivity contribution < 1.29 is 33.5 Å². The van der Waals surface area contributed by atoms with E-state index in [1.807, 2.05) is 41.5 Å². The summed E-state index contributed by atoms with van der Waals surface area (Å²) >= 11 is 0. The van der Waals surface area contributed by atoms with Gasteiger partial charge in [-0.3, -0.25) is 0 Å². The second-order valence-corrected chi connectivity index (χ2v) is 11.3. The molecule has 0 aliphatic rings. The zero-order valence-electron chi connectivity index (χ0n) is 25.2. The molecule has 3 rings (SSSR count). The van der Waals surface area contributed by atoms with Gasteiger partial charge in [-0.05, 0) is 107 Å². The zero-order valence-corrected chi connectivity index (χ0v) is 26.1. The van der Waals surface area contributed by atoms with Gasteiger partial charge in [0, 0.05) is 0 Å². The molecule has 0 heterocycles. The van der Waals surface area contributed by atoms with Gasteiger partial charge in [-0.15, -0.1) is 0 Å². The van der Waals surface area contributed by atoms with Crippen LogP contribution in [0.15, 0.2) is 36.4 Å². The molecular formula is C33H45O7P. The summed E-state index contributed by atoms with van der Waals surface area (Å²) in [6.07, 6.45) is 3.82. The van der Waals surface area contributed by atoms with Crippen LogP contribution in [-0.4, -0.2) is 15.3 Å². The van der Waals surface area contributed by atoms with E-state index in [-0.39, 0.29) is 19.8 Å². The minimum Gasteiger partial charge on any atom is -0.392 e. The van der Waals surface area contributed by atoms with Crippen molar-refractivity contribution in [3.63, 3.8) is 0 Å². The minimum absolute atomic E-state index is 0.102. The fraction of sp³-hybridized carbons (Fsp3) is 0.455. The molecule has 0 saturated carbocycles. The summed E-state index contributed by atoms with van der Waals surface area (Å²) in [5.41, 5.74) is 7.77. The highest BCUT2D eigenvalue weighted by molar-refractivity contribution is 7.49. The van der Waals surface area contributed by atoms with Gasteiger partial charge in [0.25, 0.3) is 0 Å². The standard InChI is InChI=1S/C33H45O7P/c1-7-25-22(19-34)13-16-31(28(25)10-4)38-41(37,39-32-17-14-23(20-35)26(8-2)29(32)11-5)40-33-18-15-24(21-36)27(9-3)30(33)12-6/h13-18,34-36H,7-12,19-21H2,1-6H3. The van der Waals surface area contributed by atoms with Crippen LogP contribution in [0.3, 0.4) is 0 Å². The molecule has 8 heteroatoms. The Morgan fingerprint density at radius 2 is 0.707 bits per heavy atom. The van der Waals surface area contributed by atoms with E-state index in [2.05, 4.69) is 0 Å². The topological polar surface area (TPSA) is 105 Å². The first-order valence-corrected chi connectivity index (χ1v) is 16.2. The Balaban J connectivity index is 2.22. The van der Waals surface area contributed by atoms with Crippen molar-refractivity contribution in [1.29, 1.82) is 0 Å². The summed E-state index contributed by atoms with van der Waals surface area (Å²) < 4.78 is 33.6. The largest absolute Gasteiger partial charge is 0.647 e. The summed E-state index contributed by atoms with van der Waals surface area (Å²) in [6, 6.07) is 10.5. The van der Waals surface area contributed by atoms with Gasteiger partial charge in [-0.25, -0.2) is 0 Å². The van der Waals surface area contributed by atoms with E-state index in [4.69, 9.17) is 13.6 Å². The first-order valence-electron chi connectivity index (χ1n) is 14.7. The van der Waals surface area contributed by atoms with E-state index in [1.54, 1.807) is 36.4 Å². The fourth-order valence-electron chi connectivity index (χ4n) is 5.76. The summed E-state index contributed by atoms with van der Waals surface area (Å²) in [7, 11) is -4.35. The molecule has 0 aliphatic carbocycles. The van der Waals surface area contributed by atoms with Crippen molar-refractivity contribution in [2.75, 3.05) is 0 Å². The molecular weight excluding hydrogens is 539 g/mol. The van der Waals surface area contributed by atoms with Gasteiger partial charge in [0.05, 0.1) is 19.8 Å². The van der Waals surface area contributed by atoms with Gasteiger partial charge in [0.1, 0.15) is 17.2 Å². The number of benzene rings is 3. The molecule has 0 amide bonds. The highest BCUT2D eigenvalue weighted by Crippen LogP contribution is 2.53. The van der Waals surface area contributed by atoms with Crippen LogP contribution in [0, 0.1) is 0 Å². The highest BCUT2D eigenvalue weighted by atomic mass is 31.2. The van der Waals surface area contributed by atoms with Crippen molar-refractivity contribution in [2.24, 2.45) is 0 Å². The molecule has 3 N–H and O–H groups in total. The van der Waals surface area contributed by atoms with E-state index in [0.717, 1.165) is 50.1 Å². The molecule has 0 radical (unpaired) electrons. The van der Waals surface area contributed by atoms with Gasteiger partial charge in [0.15, 0.2) is 0 Å². The average Bonchev–Trinajstić information content (AvgIpc) is 2.99. The molecule has 3 aromatic carbocycles. The molecule has 0 saturated heterocycles. The Kier molecular flexibility index (Phi) is 11.9. The van der Waals surface area contributed by atoms with Crippen molar-refractivity contribution in [2.45, 2.75) is 99.9 Å². The lowest BCUT2D eigenvalue weighted by molar-refractivity contribution is 0.279. The summed E-state index contributed by atoms with van der Waals surface area (Å²) in [5.74, 6) is 1.14. The van der Waals surface area contributed by atoms with Gasteiger partial charge in [-0.2, -0.15) is 4.57 Å². The second kappa shape index (κ2) is 14.9. The molecule has 224 valence electrons. The van der Waals surface area contributed by atoms with Crippen molar-refractivity contribution in [3.8, 4) is 17.2 Å². The smallest absolute Gasteiger partial charge is 0.392 e. The van der Waals surface area contributed by atoms with Crippen LogP contribution in [0.2, 0.25) is 0 Å². The van der Waals surface area contributed by atoms with Crippen molar-refractivity contribution in [1.82, 2.24) is 0 Å². The zero-order chi connectivity index (χ0) is 30.2. The molecule has 0 aromatic heterocycles. The molecule has 0 unspecified atom stereocenters. The molecule has 0 aliphatic heterocycles. The number of phosphoric acid groups is 1. The first kappa shape index (κ1) is 32.7. The van der Waals surface area contributed by atoms with Crippen LogP contribution < -0.4 is 13.6 Å². The molecule has 7 nitrogen and oxygen atoms in total. The Labute approximate surface area is 244 Å². The maximum Gasteiger partial charge on any atom is 0.647 e. The third-order valence-electron chi connectivity index (χ3n) is 7.72. The van der Waals surface area contributed by atoms with Crippen LogP contribution in [0.5, 0.6) is 17.2 Å². The van der Waals surface area contributed by atoms with Gasteiger partial charge in [-0.1, -0.05) is 59.7 Å². The number of aliphatic hydroxyl groups is 3. The molecule has 0 bridgehead atoms.